The topological polar surface area (TPSA) is 126 Å². The van der Waals surface area contributed by atoms with Crippen molar-refractivity contribution in [2.45, 2.75) is 44.7 Å². The zero-order valence-electron chi connectivity index (χ0n) is 25.0. The summed E-state index contributed by atoms with van der Waals surface area (Å²) < 4.78 is 13.3. The van der Waals surface area contributed by atoms with Gasteiger partial charge in [0.15, 0.2) is 0 Å². The molecule has 10 nitrogen and oxygen atoms in total. The molecule has 3 unspecified atom stereocenters. The molecule has 3 atom stereocenters. The fraction of sp³-hybridized carbons (Fsp3) is 0.265. The first-order valence-corrected chi connectivity index (χ1v) is 14.2. The van der Waals surface area contributed by atoms with E-state index < -0.39 is 34.2 Å². The Balaban J connectivity index is 1.95. The van der Waals surface area contributed by atoms with E-state index >= 15 is 0 Å². The second kappa shape index (κ2) is 14.3. The first-order valence-electron chi connectivity index (χ1n) is 14.2. The number of imidazole rings is 1. The number of nitrogens with one attached hydrogen (secondary N) is 1. The summed E-state index contributed by atoms with van der Waals surface area (Å²) in [5, 5.41) is 15.2. The van der Waals surface area contributed by atoms with Crippen molar-refractivity contribution in [3.8, 4) is 0 Å². The third-order valence-electron chi connectivity index (χ3n) is 7.67. The van der Waals surface area contributed by atoms with Gasteiger partial charge in [-0.1, -0.05) is 67.3 Å². The minimum atomic E-state index is -1.53. The van der Waals surface area contributed by atoms with Gasteiger partial charge in [-0.3, -0.25) is 14.9 Å². The first-order chi connectivity index (χ1) is 21.2. The lowest BCUT2D eigenvalue weighted by atomic mass is 9.59. The number of rotatable bonds is 12. The summed E-state index contributed by atoms with van der Waals surface area (Å²) >= 11 is 0. The van der Waals surface area contributed by atoms with E-state index in [1.54, 1.807) is 43.7 Å². The molecular weight excluding hydrogens is 560 g/mol. The Morgan fingerprint density at radius 3 is 2.59 bits per heavy atom. The van der Waals surface area contributed by atoms with E-state index in [4.69, 9.17) is 9.47 Å². The maximum Gasteiger partial charge on any atom is 0.336 e. The molecule has 0 saturated carbocycles. The lowest BCUT2D eigenvalue weighted by molar-refractivity contribution is -0.384. The van der Waals surface area contributed by atoms with E-state index in [1.165, 1.54) is 18.2 Å². The van der Waals surface area contributed by atoms with E-state index in [0.717, 1.165) is 5.56 Å². The van der Waals surface area contributed by atoms with Gasteiger partial charge in [-0.2, -0.15) is 0 Å². The molecule has 2 aromatic carbocycles. The van der Waals surface area contributed by atoms with Crippen molar-refractivity contribution in [1.29, 1.82) is 0 Å². The molecule has 0 fully saturated rings. The molecule has 1 aliphatic heterocycles. The number of hydrogen-bond acceptors (Lipinski definition) is 8. The minimum absolute atomic E-state index is 0.0169. The van der Waals surface area contributed by atoms with Crippen LogP contribution < -0.4 is 5.32 Å². The van der Waals surface area contributed by atoms with E-state index in [2.05, 4.69) is 16.9 Å². The summed E-state index contributed by atoms with van der Waals surface area (Å²) in [6.07, 6.45) is 13.9. The van der Waals surface area contributed by atoms with Crippen LogP contribution in [-0.4, -0.2) is 45.7 Å². The number of aromatic nitrogens is 2. The molecule has 44 heavy (non-hydrogen) atoms. The number of non-ortho nitro benzene ring substituents is 1. The van der Waals surface area contributed by atoms with Crippen molar-refractivity contribution in [2.24, 2.45) is 0 Å². The van der Waals surface area contributed by atoms with Gasteiger partial charge in [0.05, 0.1) is 16.8 Å². The Labute approximate surface area is 256 Å². The van der Waals surface area contributed by atoms with Crippen LogP contribution in [0.3, 0.4) is 0 Å². The van der Waals surface area contributed by atoms with Crippen LogP contribution in [0.1, 0.15) is 43.4 Å². The highest BCUT2D eigenvalue weighted by Crippen LogP contribution is 2.51. The summed E-state index contributed by atoms with van der Waals surface area (Å²) in [5.41, 5.74) is 0.918. The van der Waals surface area contributed by atoms with Crippen molar-refractivity contribution in [1.82, 2.24) is 14.9 Å². The monoisotopic (exact) mass is 596 g/mol. The molecule has 1 aromatic heterocycles. The average molecular weight is 597 g/mol. The smallest absolute Gasteiger partial charge is 0.336 e. The molecule has 10 heteroatoms. The van der Waals surface area contributed by atoms with Gasteiger partial charge in [-0.15, -0.1) is 0 Å². The molecule has 0 saturated heterocycles. The lowest BCUT2D eigenvalue weighted by Gasteiger charge is -2.48. The molecular formula is C34H36N4O6. The summed E-state index contributed by atoms with van der Waals surface area (Å²) in [5.74, 6) is -2.26. The van der Waals surface area contributed by atoms with Crippen LogP contribution in [0, 0.1) is 10.1 Å². The van der Waals surface area contributed by atoms with Crippen molar-refractivity contribution in [3.05, 3.63) is 142 Å². The number of carbonyl (C=O) groups excluding carboxylic acids is 2. The number of benzene rings is 2. The van der Waals surface area contributed by atoms with Crippen LogP contribution in [0.2, 0.25) is 0 Å². The summed E-state index contributed by atoms with van der Waals surface area (Å²) in [6, 6.07) is 12.9. The Morgan fingerprint density at radius 2 is 1.93 bits per heavy atom. The third kappa shape index (κ3) is 6.54. The molecule has 0 aliphatic carbocycles. The molecule has 228 valence electrons. The van der Waals surface area contributed by atoms with Gasteiger partial charge in [-0.25, -0.2) is 9.78 Å². The molecule has 0 spiro atoms. The average Bonchev–Trinajstić information content (AvgIpc) is 3.53. The highest BCUT2D eigenvalue weighted by molar-refractivity contribution is 5.97. The molecule has 0 bridgehead atoms. The Bertz CT molecular complexity index is 1590. The predicted molar refractivity (Wildman–Crippen MR) is 167 cm³/mol. The van der Waals surface area contributed by atoms with Gasteiger partial charge in [-0.05, 0) is 43.5 Å². The molecule has 0 amide bonds. The SMILES string of the molecule is C=CCOC(=O)C1=C(C)NC(C)C(C(=O)OCC=CC=CC)(c2ccc(Cn3ccnc3)cc2)C1c1cccc([N+](=O)[O-])c1. The Morgan fingerprint density at radius 1 is 1.16 bits per heavy atom. The Kier molecular flexibility index (Phi) is 10.3. The summed E-state index contributed by atoms with van der Waals surface area (Å²) in [7, 11) is 0. The first kappa shape index (κ1) is 31.7. The van der Waals surface area contributed by atoms with Crippen molar-refractivity contribution in [3.63, 3.8) is 0 Å². The number of carbonyl (C=O) groups is 2. The van der Waals surface area contributed by atoms with Gasteiger partial charge in [0.1, 0.15) is 18.6 Å². The van der Waals surface area contributed by atoms with Crippen LogP contribution >= 0.6 is 0 Å². The number of nitrogens with zero attached hydrogens (tertiary/aromatic N) is 3. The van der Waals surface area contributed by atoms with Crippen LogP contribution in [0.25, 0.3) is 0 Å². The number of ether oxygens (including phenoxy) is 2. The Hall–Kier alpha value is -5.25. The molecule has 2 heterocycles. The lowest BCUT2D eigenvalue weighted by Crippen LogP contribution is -2.60. The normalized spacial score (nSPS) is 20.0. The molecule has 1 aliphatic rings. The molecule has 3 aromatic rings. The molecule has 0 radical (unpaired) electrons. The quantitative estimate of drug-likeness (QED) is 0.0951. The van der Waals surface area contributed by atoms with E-state index in [1.807, 2.05) is 61.0 Å². The van der Waals surface area contributed by atoms with E-state index in [-0.39, 0.29) is 24.5 Å². The standard InChI is InChI=1S/C34H36N4O6/c1-5-7-8-9-20-44-33(40)34(28-15-13-26(14-16-28)22-37-18-17-35-23-37)25(4)36-24(3)30(32(39)43-19-6-2)31(34)27-11-10-12-29(21-27)38(41)42/h5-18,21,23,25,31,36H,2,19-20,22H2,1,3-4H3. The molecule has 4 rings (SSSR count). The maximum atomic E-state index is 14.5. The van der Waals surface area contributed by atoms with Crippen LogP contribution in [0.5, 0.6) is 0 Å². The predicted octanol–water partition coefficient (Wildman–Crippen LogP) is 5.53. The fourth-order valence-electron chi connectivity index (χ4n) is 5.74. The number of nitro groups is 1. The second-order valence-electron chi connectivity index (χ2n) is 10.4. The second-order valence-corrected chi connectivity index (χ2v) is 10.4. The van der Waals surface area contributed by atoms with Gasteiger partial charge < -0.3 is 19.4 Å². The van der Waals surface area contributed by atoms with Gasteiger partial charge in [0.2, 0.25) is 0 Å². The zero-order chi connectivity index (χ0) is 31.7. The van der Waals surface area contributed by atoms with Crippen molar-refractivity contribution >= 4 is 17.6 Å². The van der Waals surface area contributed by atoms with Gasteiger partial charge in [0, 0.05) is 48.7 Å². The largest absolute Gasteiger partial charge is 0.461 e. The van der Waals surface area contributed by atoms with E-state index in [9.17, 15) is 19.7 Å². The number of hydrogen-bond donors (Lipinski definition) is 1. The highest BCUT2D eigenvalue weighted by Gasteiger charge is 2.58. The van der Waals surface area contributed by atoms with Crippen LogP contribution in [0.4, 0.5) is 5.69 Å². The summed E-state index contributed by atoms with van der Waals surface area (Å²) in [6.45, 7) is 9.58. The van der Waals surface area contributed by atoms with Crippen molar-refractivity contribution in [2.75, 3.05) is 13.2 Å². The zero-order valence-corrected chi connectivity index (χ0v) is 25.0. The number of nitro benzene ring substituents is 1. The number of allylic oxidation sites excluding steroid dienone is 4. The van der Waals surface area contributed by atoms with E-state index in [0.29, 0.717) is 23.4 Å². The van der Waals surface area contributed by atoms with Gasteiger partial charge >= 0.3 is 11.9 Å². The highest BCUT2D eigenvalue weighted by atomic mass is 16.6. The summed E-state index contributed by atoms with van der Waals surface area (Å²) in [4.78, 5) is 43.7. The maximum absolute atomic E-state index is 14.5. The number of esters is 2. The van der Waals surface area contributed by atoms with Crippen molar-refractivity contribution < 1.29 is 24.0 Å². The van der Waals surface area contributed by atoms with Crippen LogP contribution in [-0.2, 0) is 31.0 Å². The third-order valence-corrected chi connectivity index (χ3v) is 7.67. The minimum Gasteiger partial charge on any atom is -0.461 e. The van der Waals surface area contributed by atoms with Crippen LogP contribution in [0.15, 0.2) is 115 Å². The fourth-order valence-corrected chi connectivity index (χ4v) is 5.74. The van der Waals surface area contributed by atoms with Gasteiger partial charge in [0.25, 0.3) is 5.69 Å². The molecule has 1 N–H and O–H groups in total.